The molecule has 5 nitrogen and oxygen atoms in total. The van der Waals surface area contributed by atoms with Crippen LogP contribution in [0.5, 0.6) is 11.5 Å². The summed E-state index contributed by atoms with van der Waals surface area (Å²) in [6, 6.07) is 12.8. The Morgan fingerprint density at radius 1 is 1.04 bits per heavy atom. The predicted molar refractivity (Wildman–Crippen MR) is 106 cm³/mol. The summed E-state index contributed by atoms with van der Waals surface area (Å²) in [6.45, 7) is 2.26. The molecule has 2 aromatic rings. The summed E-state index contributed by atoms with van der Waals surface area (Å²) < 4.78 is 16.0. The number of benzene rings is 2. The van der Waals surface area contributed by atoms with E-state index in [9.17, 15) is 4.79 Å². The Balaban J connectivity index is 2.01. The fourth-order valence-electron chi connectivity index (χ4n) is 2.94. The molecule has 2 aromatic carbocycles. The van der Waals surface area contributed by atoms with E-state index in [2.05, 4.69) is 0 Å². The van der Waals surface area contributed by atoms with E-state index in [1.807, 2.05) is 41.3 Å². The lowest BCUT2D eigenvalue weighted by Crippen LogP contribution is -2.41. The van der Waals surface area contributed by atoms with Crippen LogP contribution in [0.2, 0.25) is 5.02 Å². The van der Waals surface area contributed by atoms with E-state index in [4.69, 9.17) is 25.8 Å². The number of carbonyl (C=O) groups excluding carboxylic acids is 1. The van der Waals surface area contributed by atoms with Gasteiger partial charge < -0.3 is 19.1 Å². The highest BCUT2D eigenvalue weighted by atomic mass is 35.5. The Kier molecular flexibility index (Phi) is 6.37. The number of hydrogen-bond donors (Lipinski definition) is 0. The van der Waals surface area contributed by atoms with Gasteiger partial charge in [0.1, 0.15) is 0 Å². The maximum atomic E-state index is 13.2. The minimum absolute atomic E-state index is 0.0320. The number of carbonyl (C=O) groups is 1. The largest absolute Gasteiger partial charge is 0.493 e. The van der Waals surface area contributed by atoms with Crippen LogP contribution in [-0.2, 0) is 9.53 Å². The molecule has 0 bridgehead atoms. The zero-order valence-corrected chi connectivity index (χ0v) is 16.2. The molecule has 1 saturated heterocycles. The highest BCUT2D eigenvalue weighted by Gasteiger charge is 2.22. The van der Waals surface area contributed by atoms with Gasteiger partial charge in [0.05, 0.1) is 27.4 Å². The highest BCUT2D eigenvalue weighted by molar-refractivity contribution is 6.31. The smallest absolute Gasteiger partial charge is 0.254 e. The molecule has 0 atom stereocenters. The molecular weight excluding hydrogens is 366 g/mol. The Bertz CT molecular complexity index is 827. The van der Waals surface area contributed by atoms with Crippen molar-refractivity contribution < 1.29 is 19.0 Å². The normalized spacial score (nSPS) is 14.8. The summed E-state index contributed by atoms with van der Waals surface area (Å²) in [7, 11) is 3.18. The maximum Gasteiger partial charge on any atom is 0.254 e. The van der Waals surface area contributed by atoms with Gasteiger partial charge in [0.15, 0.2) is 11.5 Å². The lowest BCUT2D eigenvalue weighted by molar-refractivity contribution is -0.128. The van der Waals surface area contributed by atoms with E-state index in [1.165, 1.54) is 0 Å². The molecule has 1 aliphatic rings. The van der Waals surface area contributed by atoms with Crippen molar-refractivity contribution in [2.75, 3.05) is 40.5 Å². The van der Waals surface area contributed by atoms with Crippen LogP contribution in [-0.4, -0.2) is 51.3 Å². The molecule has 0 aromatic heterocycles. The first kappa shape index (κ1) is 19.3. The summed E-state index contributed by atoms with van der Waals surface area (Å²) in [6.07, 6.45) is 1.86. The maximum absolute atomic E-state index is 13.2. The molecular formula is C21H22ClNO4. The molecule has 1 aliphatic heterocycles. The second-order valence-corrected chi connectivity index (χ2v) is 6.52. The van der Waals surface area contributed by atoms with Gasteiger partial charge in [-0.15, -0.1) is 0 Å². The SMILES string of the molecule is COc1ccc(C=C(C(=O)N2CCOCC2)c2ccc(Cl)cc2)cc1OC. The van der Waals surface area contributed by atoms with Gasteiger partial charge >= 0.3 is 0 Å². The molecule has 1 amide bonds. The van der Waals surface area contributed by atoms with E-state index in [-0.39, 0.29) is 5.91 Å². The minimum atomic E-state index is -0.0320. The Hall–Kier alpha value is -2.50. The third-order valence-corrected chi connectivity index (χ3v) is 4.65. The zero-order valence-electron chi connectivity index (χ0n) is 15.4. The molecule has 0 N–H and O–H groups in total. The van der Waals surface area contributed by atoms with Gasteiger partial charge in [-0.05, 0) is 41.5 Å². The van der Waals surface area contributed by atoms with Gasteiger partial charge in [0.2, 0.25) is 0 Å². The molecule has 0 spiro atoms. The lowest BCUT2D eigenvalue weighted by Gasteiger charge is -2.28. The van der Waals surface area contributed by atoms with Crippen molar-refractivity contribution in [2.24, 2.45) is 0 Å². The third-order valence-electron chi connectivity index (χ3n) is 4.40. The molecule has 1 fully saturated rings. The first-order valence-electron chi connectivity index (χ1n) is 8.69. The quantitative estimate of drug-likeness (QED) is 0.579. The fourth-order valence-corrected chi connectivity index (χ4v) is 3.07. The fraction of sp³-hybridized carbons (Fsp3) is 0.286. The predicted octanol–water partition coefficient (Wildman–Crippen LogP) is 3.76. The lowest BCUT2D eigenvalue weighted by atomic mass is 10.0. The van der Waals surface area contributed by atoms with Gasteiger partial charge in [-0.1, -0.05) is 29.8 Å². The van der Waals surface area contributed by atoms with Crippen molar-refractivity contribution in [3.8, 4) is 11.5 Å². The van der Waals surface area contributed by atoms with Gasteiger partial charge in [-0.25, -0.2) is 0 Å². The molecule has 0 saturated carbocycles. The summed E-state index contributed by atoms with van der Waals surface area (Å²) in [5, 5.41) is 0.628. The first-order chi connectivity index (χ1) is 13.1. The number of hydrogen-bond acceptors (Lipinski definition) is 4. The van der Waals surface area contributed by atoms with E-state index >= 15 is 0 Å². The minimum Gasteiger partial charge on any atom is -0.493 e. The number of ether oxygens (including phenoxy) is 3. The number of nitrogens with zero attached hydrogens (tertiary/aromatic N) is 1. The average molecular weight is 388 g/mol. The number of amides is 1. The molecule has 0 radical (unpaired) electrons. The molecule has 3 rings (SSSR count). The van der Waals surface area contributed by atoms with Crippen molar-refractivity contribution in [1.82, 2.24) is 4.90 Å². The number of halogens is 1. The molecule has 1 heterocycles. The van der Waals surface area contributed by atoms with Crippen LogP contribution in [0.4, 0.5) is 0 Å². The Morgan fingerprint density at radius 2 is 1.70 bits per heavy atom. The van der Waals surface area contributed by atoms with E-state index in [0.717, 1.165) is 11.1 Å². The molecule has 0 unspecified atom stereocenters. The summed E-state index contributed by atoms with van der Waals surface area (Å²) in [4.78, 5) is 15.0. The van der Waals surface area contributed by atoms with Crippen molar-refractivity contribution in [2.45, 2.75) is 0 Å². The topological polar surface area (TPSA) is 48.0 Å². The van der Waals surface area contributed by atoms with Crippen molar-refractivity contribution >= 4 is 29.2 Å². The third kappa shape index (κ3) is 4.62. The Labute approximate surface area is 164 Å². The number of methoxy groups -OCH3 is 2. The van der Waals surface area contributed by atoms with Crippen LogP contribution >= 0.6 is 11.6 Å². The van der Waals surface area contributed by atoms with Gasteiger partial charge in [-0.2, -0.15) is 0 Å². The number of rotatable bonds is 5. The standard InChI is InChI=1S/C21H22ClNO4/c1-25-19-8-3-15(14-20(19)26-2)13-18(16-4-6-17(22)7-5-16)21(24)23-9-11-27-12-10-23/h3-8,13-14H,9-12H2,1-2H3. The van der Waals surface area contributed by atoms with Gasteiger partial charge in [0, 0.05) is 23.7 Å². The van der Waals surface area contributed by atoms with Crippen LogP contribution in [0.3, 0.4) is 0 Å². The van der Waals surface area contributed by atoms with Crippen LogP contribution in [0.1, 0.15) is 11.1 Å². The van der Waals surface area contributed by atoms with Crippen LogP contribution < -0.4 is 9.47 Å². The van der Waals surface area contributed by atoms with Crippen LogP contribution in [0.25, 0.3) is 11.6 Å². The summed E-state index contributed by atoms with van der Waals surface area (Å²) in [5.74, 6) is 1.22. The van der Waals surface area contributed by atoms with E-state index in [1.54, 1.807) is 26.4 Å². The first-order valence-corrected chi connectivity index (χ1v) is 9.07. The zero-order chi connectivity index (χ0) is 19.2. The van der Waals surface area contributed by atoms with Crippen LogP contribution in [0.15, 0.2) is 42.5 Å². The summed E-state index contributed by atoms with van der Waals surface area (Å²) in [5.41, 5.74) is 2.26. The molecule has 0 aliphatic carbocycles. The monoisotopic (exact) mass is 387 g/mol. The van der Waals surface area contributed by atoms with E-state index < -0.39 is 0 Å². The molecule has 142 valence electrons. The molecule has 6 heteroatoms. The van der Waals surface area contributed by atoms with Gasteiger partial charge in [-0.3, -0.25) is 4.79 Å². The van der Waals surface area contributed by atoms with Crippen LogP contribution in [0, 0.1) is 0 Å². The second-order valence-electron chi connectivity index (χ2n) is 6.08. The second kappa shape index (κ2) is 8.93. The van der Waals surface area contributed by atoms with E-state index in [0.29, 0.717) is 48.4 Å². The summed E-state index contributed by atoms with van der Waals surface area (Å²) >= 11 is 6.02. The highest BCUT2D eigenvalue weighted by Crippen LogP contribution is 2.30. The number of morpholine rings is 1. The van der Waals surface area contributed by atoms with Crippen molar-refractivity contribution in [1.29, 1.82) is 0 Å². The Morgan fingerprint density at radius 3 is 2.33 bits per heavy atom. The van der Waals surface area contributed by atoms with Gasteiger partial charge in [0.25, 0.3) is 5.91 Å². The van der Waals surface area contributed by atoms with Crippen molar-refractivity contribution in [3.05, 3.63) is 58.6 Å². The molecule has 27 heavy (non-hydrogen) atoms. The average Bonchev–Trinajstić information content (AvgIpc) is 2.72. The van der Waals surface area contributed by atoms with Crippen molar-refractivity contribution in [3.63, 3.8) is 0 Å².